The van der Waals surface area contributed by atoms with Crippen LogP contribution >= 0.6 is 0 Å². The summed E-state index contributed by atoms with van der Waals surface area (Å²) >= 11 is 0. The monoisotopic (exact) mass is 330 g/mol. The van der Waals surface area contributed by atoms with Crippen LogP contribution in [0.25, 0.3) is 0 Å². The standard InChI is InChI=1S/C8H4NO2.W/c10-7-5-3-1-2-4-6(5)9-8(7)11;/h1,3-4H,(H,9,10,11);/q-1;. The van der Waals surface area contributed by atoms with Gasteiger partial charge in [-0.05, 0) is 0 Å². The van der Waals surface area contributed by atoms with Crippen LogP contribution in [-0.4, -0.2) is 11.7 Å². The number of fused-ring (bicyclic) bond motifs is 1. The Balaban J connectivity index is 0.000000720. The Morgan fingerprint density at radius 2 is 2.08 bits per heavy atom. The summed E-state index contributed by atoms with van der Waals surface area (Å²) < 4.78 is 0. The zero-order valence-electron chi connectivity index (χ0n) is 5.96. The van der Waals surface area contributed by atoms with Gasteiger partial charge in [-0.3, -0.25) is 9.59 Å². The number of hydrogen-bond donors (Lipinski definition) is 1. The summed E-state index contributed by atoms with van der Waals surface area (Å²) in [7, 11) is 0. The summed E-state index contributed by atoms with van der Waals surface area (Å²) in [5.74, 6) is -1.02. The molecule has 60 valence electrons. The molecule has 1 heterocycles. The van der Waals surface area contributed by atoms with Crippen molar-refractivity contribution >= 4 is 17.4 Å². The van der Waals surface area contributed by atoms with Crippen LogP contribution in [0.4, 0.5) is 5.69 Å². The number of rotatable bonds is 0. The average molecular weight is 330 g/mol. The third kappa shape index (κ3) is 1.21. The van der Waals surface area contributed by atoms with E-state index in [0.717, 1.165) is 0 Å². The van der Waals surface area contributed by atoms with Gasteiger partial charge in [0, 0.05) is 21.1 Å². The van der Waals surface area contributed by atoms with E-state index in [1.807, 2.05) is 0 Å². The SMILES string of the molecule is O=C1Nc2c[c-]ccc2C1=O.[W]. The predicted octanol–water partition coefficient (Wildman–Crippen LogP) is 0.619. The van der Waals surface area contributed by atoms with E-state index in [2.05, 4.69) is 11.4 Å². The maximum atomic E-state index is 11.0. The predicted molar refractivity (Wildman–Crippen MR) is 38.2 cm³/mol. The molecule has 1 aliphatic rings. The molecule has 0 saturated heterocycles. The van der Waals surface area contributed by atoms with Crippen molar-refractivity contribution in [1.29, 1.82) is 0 Å². The normalized spacial score (nSPS) is 13.3. The first-order valence-electron chi connectivity index (χ1n) is 3.15. The molecular formula is C8H4NO2W-. The largest absolute Gasteiger partial charge is 0.372 e. The molecule has 12 heavy (non-hydrogen) atoms. The number of Topliss-reactive ketones (excluding diaryl/α,β-unsaturated/α-hetero) is 1. The second-order valence-corrected chi connectivity index (χ2v) is 2.25. The van der Waals surface area contributed by atoms with Crippen molar-refractivity contribution in [1.82, 2.24) is 0 Å². The quantitative estimate of drug-likeness (QED) is 0.560. The number of nitrogens with one attached hydrogen (secondary N) is 1. The second kappa shape index (κ2) is 3.19. The Labute approximate surface area is 83.4 Å². The Hall–Kier alpha value is -0.952. The first-order valence-corrected chi connectivity index (χ1v) is 3.15. The van der Waals surface area contributed by atoms with E-state index in [0.29, 0.717) is 11.3 Å². The van der Waals surface area contributed by atoms with E-state index in [-0.39, 0.29) is 21.1 Å². The van der Waals surface area contributed by atoms with Gasteiger partial charge in [0.2, 0.25) is 5.78 Å². The Bertz CT molecular complexity index is 349. The molecule has 0 aromatic heterocycles. The van der Waals surface area contributed by atoms with Crippen molar-refractivity contribution in [3.63, 3.8) is 0 Å². The van der Waals surface area contributed by atoms with E-state index in [1.165, 1.54) is 0 Å². The van der Waals surface area contributed by atoms with Crippen LogP contribution in [0.5, 0.6) is 0 Å². The van der Waals surface area contributed by atoms with E-state index in [4.69, 9.17) is 0 Å². The molecule has 1 amide bonds. The van der Waals surface area contributed by atoms with E-state index < -0.39 is 11.7 Å². The molecule has 1 aliphatic heterocycles. The fraction of sp³-hybridized carbons (Fsp3) is 0. The van der Waals surface area contributed by atoms with E-state index >= 15 is 0 Å². The summed E-state index contributed by atoms with van der Waals surface area (Å²) in [5.41, 5.74) is 0.997. The van der Waals surface area contributed by atoms with Gasteiger partial charge in [0.1, 0.15) is 0 Å². The van der Waals surface area contributed by atoms with Gasteiger partial charge in [0.25, 0.3) is 5.91 Å². The molecule has 1 N–H and O–H groups in total. The number of anilines is 1. The molecule has 3 nitrogen and oxygen atoms in total. The van der Waals surface area contributed by atoms with Crippen LogP contribution in [0.15, 0.2) is 18.2 Å². The zero-order chi connectivity index (χ0) is 7.84. The van der Waals surface area contributed by atoms with Crippen LogP contribution in [0, 0.1) is 6.07 Å². The molecule has 2 rings (SSSR count). The van der Waals surface area contributed by atoms with Crippen LogP contribution in [0.3, 0.4) is 0 Å². The van der Waals surface area contributed by atoms with Gasteiger partial charge in [0.05, 0.1) is 0 Å². The molecular weight excluding hydrogens is 326 g/mol. The third-order valence-electron chi connectivity index (χ3n) is 1.56. The minimum absolute atomic E-state index is 0. The zero-order valence-corrected chi connectivity index (χ0v) is 8.89. The molecule has 0 spiro atoms. The van der Waals surface area contributed by atoms with E-state index in [1.54, 1.807) is 18.2 Å². The number of ketones is 1. The van der Waals surface area contributed by atoms with Crippen LogP contribution in [0.1, 0.15) is 10.4 Å². The minimum atomic E-state index is -0.556. The van der Waals surface area contributed by atoms with Crippen molar-refractivity contribution in [2.45, 2.75) is 0 Å². The molecule has 0 unspecified atom stereocenters. The summed E-state index contributed by atoms with van der Waals surface area (Å²) in [6.45, 7) is 0. The van der Waals surface area contributed by atoms with Gasteiger partial charge in [-0.1, -0.05) is 11.3 Å². The van der Waals surface area contributed by atoms with Crippen LogP contribution < -0.4 is 5.32 Å². The Morgan fingerprint density at radius 3 is 2.75 bits per heavy atom. The molecule has 0 fully saturated rings. The van der Waals surface area contributed by atoms with Crippen molar-refractivity contribution < 1.29 is 30.7 Å². The molecule has 0 saturated carbocycles. The smallest absolute Gasteiger partial charge is 0.283 e. The average Bonchev–Trinajstić information content (AvgIpc) is 2.30. The number of amides is 1. The summed E-state index contributed by atoms with van der Waals surface area (Å²) in [4.78, 5) is 21.7. The minimum Gasteiger partial charge on any atom is -0.372 e. The summed E-state index contributed by atoms with van der Waals surface area (Å²) in [5, 5.41) is 2.43. The number of benzene rings is 1. The summed E-state index contributed by atoms with van der Waals surface area (Å²) in [6, 6.07) is 7.54. The van der Waals surface area contributed by atoms with Crippen molar-refractivity contribution in [3.05, 3.63) is 29.8 Å². The van der Waals surface area contributed by atoms with Gasteiger partial charge in [-0.15, -0.1) is 0 Å². The van der Waals surface area contributed by atoms with Crippen molar-refractivity contribution in [3.8, 4) is 0 Å². The van der Waals surface area contributed by atoms with Crippen molar-refractivity contribution in [2.75, 3.05) is 5.32 Å². The molecule has 0 bridgehead atoms. The fourth-order valence-electron chi connectivity index (χ4n) is 1.03. The van der Waals surface area contributed by atoms with Crippen molar-refractivity contribution in [2.24, 2.45) is 0 Å². The van der Waals surface area contributed by atoms with Gasteiger partial charge in [0.15, 0.2) is 0 Å². The topological polar surface area (TPSA) is 46.2 Å². The first-order chi connectivity index (χ1) is 5.29. The maximum absolute atomic E-state index is 11.0. The van der Waals surface area contributed by atoms with E-state index in [9.17, 15) is 9.59 Å². The van der Waals surface area contributed by atoms with Crippen LogP contribution in [-0.2, 0) is 25.9 Å². The number of hydrogen-bond acceptors (Lipinski definition) is 2. The summed E-state index contributed by atoms with van der Waals surface area (Å²) in [6.07, 6.45) is 0. The van der Waals surface area contributed by atoms with Gasteiger partial charge >= 0.3 is 0 Å². The van der Waals surface area contributed by atoms with Crippen LogP contribution in [0.2, 0.25) is 0 Å². The maximum Gasteiger partial charge on any atom is 0.283 e. The molecule has 0 atom stereocenters. The number of carbonyl (C=O) groups is 2. The number of carbonyl (C=O) groups excluding carboxylic acids is 2. The van der Waals surface area contributed by atoms with Gasteiger partial charge in [-0.25, -0.2) is 0 Å². The second-order valence-electron chi connectivity index (χ2n) is 2.25. The van der Waals surface area contributed by atoms with Gasteiger partial charge < -0.3 is 5.32 Å². The third-order valence-corrected chi connectivity index (χ3v) is 1.56. The molecule has 4 heteroatoms. The first kappa shape index (κ1) is 9.14. The van der Waals surface area contributed by atoms with Gasteiger partial charge in [-0.2, -0.15) is 24.3 Å². The molecule has 0 radical (unpaired) electrons. The Morgan fingerprint density at radius 1 is 1.33 bits per heavy atom. The molecule has 0 aliphatic carbocycles. The Kier molecular flexibility index (Phi) is 2.43. The molecule has 1 aromatic rings. The fourth-order valence-corrected chi connectivity index (χ4v) is 1.03. The molecule has 1 aromatic carbocycles.